The van der Waals surface area contributed by atoms with Crippen LogP contribution in [0.4, 0.5) is 10.5 Å². The van der Waals surface area contributed by atoms with Gasteiger partial charge in [-0.3, -0.25) is 14.5 Å². The van der Waals surface area contributed by atoms with Crippen molar-refractivity contribution in [3.8, 4) is 5.75 Å². The minimum absolute atomic E-state index is 0.127. The van der Waals surface area contributed by atoms with E-state index in [2.05, 4.69) is 56.6 Å². The number of hydrogen-bond acceptors (Lipinski definition) is 12. The molecule has 10 atom stereocenters. The Morgan fingerprint density at radius 1 is 0.899 bits per heavy atom. The van der Waals surface area contributed by atoms with Crippen LogP contribution >= 0.6 is 0 Å². The highest BCUT2D eigenvalue weighted by Gasteiger charge is 2.80. The first kappa shape index (κ1) is 46.8. The van der Waals surface area contributed by atoms with Crippen LogP contribution in [0.5, 0.6) is 5.75 Å². The minimum atomic E-state index is -2.33. The molecule has 2 saturated heterocycles. The van der Waals surface area contributed by atoms with E-state index in [1.54, 1.807) is 7.11 Å². The number of likely N-dealkylation sites (N-methyl/N-ethyl adjacent to an activating group) is 1. The van der Waals surface area contributed by atoms with Crippen molar-refractivity contribution >= 4 is 40.5 Å². The molecule has 5 aliphatic heterocycles. The summed E-state index contributed by atoms with van der Waals surface area (Å²) in [7, 11) is 6.17. The molecule has 15 nitrogen and oxygen atoms in total. The number of urea groups is 1. The second-order valence-electron chi connectivity index (χ2n) is 20.6. The van der Waals surface area contributed by atoms with Gasteiger partial charge in [-0.05, 0) is 79.8 Å². The zero-order chi connectivity index (χ0) is 48.7. The van der Waals surface area contributed by atoms with E-state index in [9.17, 15) is 19.5 Å². The van der Waals surface area contributed by atoms with Crippen LogP contribution in [0, 0.1) is 11.3 Å². The highest BCUT2D eigenvalue weighted by atomic mass is 16.6. The van der Waals surface area contributed by atoms with E-state index in [-0.39, 0.29) is 18.0 Å². The second kappa shape index (κ2) is 17.2. The predicted octanol–water partition coefficient (Wildman–Crippen LogP) is 5.50. The molecule has 1 unspecified atom stereocenters. The van der Waals surface area contributed by atoms with Gasteiger partial charge in [0.2, 0.25) is 5.60 Å². The number of aliphatic hydroxyl groups is 1. The molecule has 2 amide bonds. The average Bonchev–Trinajstić information content (AvgIpc) is 4.02. The first-order valence-corrected chi connectivity index (χ1v) is 24.6. The molecule has 15 heteroatoms. The van der Waals surface area contributed by atoms with Crippen LogP contribution in [0.25, 0.3) is 10.9 Å². The van der Waals surface area contributed by atoms with Gasteiger partial charge in [0.15, 0.2) is 6.10 Å². The summed E-state index contributed by atoms with van der Waals surface area (Å²) in [6.07, 6.45) is 6.00. The summed E-state index contributed by atoms with van der Waals surface area (Å²) < 4.78 is 24.3. The number of para-hydroxylation sites is 1. The van der Waals surface area contributed by atoms with Crippen LogP contribution in [0.15, 0.2) is 78.9 Å². The Labute approximate surface area is 403 Å². The number of methoxy groups -OCH3 is 3. The fraction of sp³-hybridized carbons (Fsp3) is 0.519. The third-order valence-electron chi connectivity index (χ3n) is 17.3. The molecule has 1 aliphatic carbocycles. The smallest absolute Gasteiger partial charge is 0.344 e. The Morgan fingerprint density at radius 2 is 1.65 bits per heavy atom. The quantitative estimate of drug-likeness (QED) is 0.0895. The molecule has 6 aliphatic rings. The number of carbonyl (C=O) groups excluding carboxylic acids is 4. The van der Waals surface area contributed by atoms with Crippen molar-refractivity contribution in [2.24, 2.45) is 11.3 Å². The Balaban J connectivity index is 1.18. The lowest BCUT2D eigenvalue weighted by Gasteiger charge is -2.63. The molecule has 69 heavy (non-hydrogen) atoms. The van der Waals surface area contributed by atoms with Crippen LogP contribution in [-0.2, 0) is 52.4 Å². The Morgan fingerprint density at radius 3 is 2.36 bits per heavy atom. The zero-order valence-corrected chi connectivity index (χ0v) is 40.9. The van der Waals surface area contributed by atoms with Gasteiger partial charge in [-0.1, -0.05) is 74.5 Å². The summed E-state index contributed by atoms with van der Waals surface area (Å²) in [5, 5.41) is 21.0. The summed E-state index contributed by atoms with van der Waals surface area (Å²) >= 11 is 0. The number of hydrogen-bond donors (Lipinski definition) is 4. The Bertz CT molecular complexity index is 2730. The maximum Gasteiger partial charge on any atom is 0.344 e. The fourth-order valence-electron chi connectivity index (χ4n) is 14.8. The highest BCUT2D eigenvalue weighted by molar-refractivity contribution is 5.95. The number of carbonyl (C=O) groups is 4. The van der Waals surface area contributed by atoms with Gasteiger partial charge in [-0.25, -0.2) is 9.59 Å². The minimum Gasteiger partial charge on any atom is -0.496 e. The Hall–Kier alpha value is -5.90. The number of piperidine rings is 1. The van der Waals surface area contributed by atoms with E-state index >= 15 is 4.79 Å². The first-order valence-electron chi connectivity index (χ1n) is 24.6. The number of nitrogens with zero attached hydrogens (tertiary/aromatic N) is 3. The van der Waals surface area contributed by atoms with E-state index < -0.39 is 57.4 Å². The highest BCUT2D eigenvalue weighted by Crippen LogP contribution is 2.68. The largest absolute Gasteiger partial charge is 0.496 e. The van der Waals surface area contributed by atoms with E-state index in [0.717, 1.165) is 39.0 Å². The number of ether oxygens (including phenoxy) is 4. The molecule has 3 aromatic carbocycles. The molecule has 1 aromatic heterocycles. The standard InChI is InChI=1S/C54H66N6O9/c1-8-50(57-49(64)55-30-34-16-11-10-12-17-34)28-35-29-53(47(62)67-6,43-37(20-24-59(31-35)32-50)36-18-13-14-19-40(36)56-43)39-26-38-41(27-42(39)66-5)58(4)45-52(38)22-25-60-23-15-21-51(9-2,44(52)60)46(69-33(3)61)54(45,65)48(63)68-7/h10-19,21,26-27,35,44-46,56,65H,8-9,20,22-25,28-32H2,1-7H3,(H2,55,57,64)/t35-,44-,45+,46+,50-,51+,52+,53-,54-/m0/s1. The summed E-state index contributed by atoms with van der Waals surface area (Å²) in [5.41, 5.74) is -0.547. The molecule has 2 bridgehead atoms. The van der Waals surface area contributed by atoms with Crippen molar-refractivity contribution in [1.82, 2.24) is 25.4 Å². The topological polar surface area (TPSA) is 175 Å². The number of nitrogens with one attached hydrogen (secondary N) is 3. The van der Waals surface area contributed by atoms with Crippen molar-refractivity contribution in [3.05, 3.63) is 107 Å². The van der Waals surface area contributed by atoms with Crippen molar-refractivity contribution < 1.29 is 43.2 Å². The Kier molecular flexibility index (Phi) is 11.7. The number of amides is 2. The summed E-state index contributed by atoms with van der Waals surface area (Å²) in [6.45, 7) is 9.11. The lowest BCUT2D eigenvalue weighted by atomic mass is 9.47. The van der Waals surface area contributed by atoms with E-state index in [1.807, 2.05) is 73.5 Å². The van der Waals surface area contributed by atoms with Crippen LogP contribution in [-0.4, -0.2) is 134 Å². The summed E-state index contributed by atoms with van der Waals surface area (Å²) in [6, 6.07) is 20.5. The molecule has 1 saturated carbocycles. The van der Waals surface area contributed by atoms with Crippen LogP contribution in [0.3, 0.4) is 0 Å². The van der Waals surface area contributed by atoms with Crippen LogP contribution in [0.2, 0.25) is 0 Å². The molecule has 4 N–H and O–H groups in total. The van der Waals surface area contributed by atoms with Gasteiger partial charge in [-0.2, -0.15) is 0 Å². The van der Waals surface area contributed by atoms with Crippen molar-refractivity contribution in [2.75, 3.05) is 66.0 Å². The molecule has 366 valence electrons. The lowest BCUT2D eigenvalue weighted by Crippen LogP contribution is -2.81. The molecule has 0 radical (unpaired) electrons. The van der Waals surface area contributed by atoms with Crippen molar-refractivity contribution in [1.29, 1.82) is 0 Å². The second-order valence-corrected chi connectivity index (χ2v) is 20.6. The monoisotopic (exact) mass is 942 g/mol. The van der Waals surface area contributed by atoms with Gasteiger partial charge < -0.3 is 49.5 Å². The molecule has 6 heterocycles. The van der Waals surface area contributed by atoms with Gasteiger partial charge >= 0.3 is 23.9 Å². The SMILES string of the molecule is CC[C@]1(NC(=O)NCc2ccccc2)C[C@@H]2CN(CCc3c([nH]c4ccccc34)[C@@](C(=O)OC)(c3cc4c(cc3OC)N(C)[C@H]3[C@@](O)(C(=O)OC)[C@H](OC(C)=O)[C@]5(CC)C=CCN6CC[C@]43[C@@H]65)C2)C1. The number of esters is 3. The lowest BCUT2D eigenvalue weighted by molar-refractivity contribution is -0.228. The third kappa shape index (κ3) is 6.76. The van der Waals surface area contributed by atoms with Gasteiger partial charge in [0, 0.05) is 97.5 Å². The maximum absolute atomic E-state index is 15.7. The van der Waals surface area contributed by atoms with E-state index in [1.165, 1.54) is 21.1 Å². The molecular weight excluding hydrogens is 877 g/mol. The van der Waals surface area contributed by atoms with Gasteiger partial charge in [-0.15, -0.1) is 0 Å². The predicted molar refractivity (Wildman–Crippen MR) is 260 cm³/mol. The molecule has 3 fully saturated rings. The molecule has 4 aromatic rings. The summed E-state index contributed by atoms with van der Waals surface area (Å²) in [4.78, 5) is 67.9. The number of H-pyrrole nitrogens is 1. The number of aromatic nitrogens is 1. The fourth-order valence-corrected chi connectivity index (χ4v) is 14.8. The van der Waals surface area contributed by atoms with Crippen LogP contribution in [0.1, 0.15) is 80.8 Å². The van der Waals surface area contributed by atoms with Crippen molar-refractivity contribution in [3.63, 3.8) is 0 Å². The van der Waals surface area contributed by atoms with Crippen molar-refractivity contribution in [2.45, 2.75) is 106 Å². The van der Waals surface area contributed by atoms with E-state index in [0.29, 0.717) is 89.1 Å². The number of benzene rings is 3. The molecule has 1 spiro atoms. The zero-order valence-electron chi connectivity index (χ0n) is 40.9. The average molecular weight is 943 g/mol. The number of rotatable bonds is 10. The number of aromatic amines is 1. The summed E-state index contributed by atoms with van der Waals surface area (Å²) in [5.74, 6) is -1.64. The maximum atomic E-state index is 15.7. The normalized spacial score (nSPS) is 33.1. The third-order valence-corrected chi connectivity index (χ3v) is 17.3. The first-order chi connectivity index (χ1) is 33.2. The van der Waals surface area contributed by atoms with Gasteiger partial charge in [0.1, 0.15) is 11.2 Å². The molecule has 10 rings (SSSR count). The van der Waals surface area contributed by atoms with E-state index in [4.69, 9.17) is 18.9 Å². The number of fused-ring (bicyclic) bond motifs is 6. The number of anilines is 1. The molecular formula is C54H66N6O9. The van der Waals surface area contributed by atoms with Gasteiger partial charge in [0.05, 0.1) is 32.9 Å². The van der Waals surface area contributed by atoms with Crippen LogP contribution < -0.4 is 20.3 Å². The van der Waals surface area contributed by atoms with Gasteiger partial charge in [0.25, 0.3) is 0 Å².